The highest BCUT2D eigenvalue weighted by molar-refractivity contribution is 7.13. The van der Waals surface area contributed by atoms with Crippen LogP contribution in [0.4, 0.5) is 10.7 Å². The van der Waals surface area contributed by atoms with Gasteiger partial charge in [0.1, 0.15) is 0 Å². The van der Waals surface area contributed by atoms with Crippen molar-refractivity contribution < 1.29 is 19.6 Å². The van der Waals surface area contributed by atoms with E-state index in [9.17, 15) is 19.7 Å². The van der Waals surface area contributed by atoms with Crippen molar-refractivity contribution in [3.63, 3.8) is 0 Å². The van der Waals surface area contributed by atoms with E-state index in [2.05, 4.69) is 5.32 Å². The lowest BCUT2D eigenvalue weighted by Gasteiger charge is -2.03. The van der Waals surface area contributed by atoms with Crippen molar-refractivity contribution in [3.05, 3.63) is 57.0 Å². The molecule has 0 saturated carbocycles. The molecule has 0 fully saturated rings. The second kappa shape index (κ2) is 5.49. The van der Waals surface area contributed by atoms with E-state index in [1.165, 1.54) is 35.7 Å². The number of anilines is 1. The summed E-state index contributed by atoms with van der Waals surface area (Å²) in [6, 6.07) is 6.79. The number of benzene rings is 1. The number of rotatable bonds is 4. The number of hydrogen-bond donors (Lipinski definition) is 2. The summed E-state index contributed by atoms with van der Waals surface area (Å²) in [5.41, 5.74) is 0.701. The average molecular weight is 292 g/mol. The molecule has 0 saturated heterocycles. The zero-order valence-corrected chi connectivity index (χ0v) is 10.7. The molecule has 1 aromatic carbocycles. The molecule has 8 heteroatoms. The van der Waals surface area contributed by atoms with Crippen LogP contribution in [0.15, 0.2) is 35.7 Å². The number of carbonyl (C=O) groups is 2. The lowest BCUT2D eigenvalue weighted by atomic mass is 10.2. The number of thiophene rings is 1. The Hall–Kier alpha value is -2.74. The summed E-state index contributed by atoms with van der Waals surface area (Å²) in [6.45, 7) is 0. The molecule has 2 aromatic rings. The predicted molar refractivity (Wildman–Crippen MR) is 72.3 cm³/mol. The Bertz CT molecular complexity index is 677. The van der Waals surface area contributed by atoms with Gasteiger partial charge in [0.2, 0.25) is 0 Å². The summed E-state index contributed by atoms with van der Waals surface area (Å²) in [5.74, 6) is -1.55. The maximum Gasteiger partial charge on any atom is 0.335 e. The number of nitro groups is 1. The van der Waals surface area contributed by atoms with Gasteiger partial charge in [-0.3, -0.25) is 14.9 Å². The van der Waals surface area contributed by atoms with E-state index >= 15 is 0 Å². The van der Waals surface area contributed by atoms with Gasteiger partial charge in [0, 0.05) is 17.1 Å². The molecule has 7 nitrogen and oxygen atoms in total. The molecule has 0 radical (unpaired) electrons. The maximum atomic E-state index is 11.8. The molecule has 0 aliphatic rings. The van der Waals surface area contributed by atoms with Gasteiger partial charge in [-0.25, -0.2) is 4.79 Å². The van der Waals surface area contributed by atoms with Gasteiger partial charge in [-0.2, -0.15) is 0 Å². The van der Waals surface area contributed by atoms with E-state index in [4.69, 9.17) is 5.11 Å². The summed E-state index contributed by atoms with van der Waals surface area (Å²) in [7, 11) is 0. The van der Waals surface area contributed by atoms with Gasteiger partial charge in [0.05, 0.1) is 16.1 Å². The molecule has 1 amide bonds. The third-order valence-electron chi connectivity index (χ3n) is 2.42. The van der Waals surface area contributed by atoms with E-state index < -0.39 is 16.8 Å². The van der Waals surface area contributed by atoms with Crippen molar-refractivity contribution in [2.45, 2.75) is 0 Å². The normalized spacial score (nSPS) is 10.0. The minimum Gasteiger partial charge on any atom is -0.478 e. The lowest BCUT2D eigenvalue weighted by molar-refractivity contribution is -0.380. The number of carbonyl (C=O) groups excluding carboxylic acids is 1. The Morgan fingerprint density at radius 1 is 1.20 bits per heavy atom. The fourth-order valence-corrected chi connectivity index (χ4v) is 2.14. The maximum absolute atomic E-state index is 11.8. The van der Waals surface area contributed by atoms with Gasteiger partial charge < -0.3 is 10.4 Å². The third-order valence-corrected chi connectivity index (χ3v) is 3.30. The molecule has 2 N–H and O–H groups in total. The first-order valence-corrected chi connectivity index (χ1v) is 6.23. The zero-order chi connectivity index (χ0) is 14.7. The van der Waals surface area contributed by atoms with Gasteiger partial charge in [-0.05, 0) is 24.3 Å². The lowest BCUT2D eigenvalue weighted by Crippen LogP contribution is -2.11. The Morgan fingerprint density at radius 3 is 2.35 bits per heavy atom. The second-order valence-electron chi connectivity index (χ2n) is 3.77. The number of carboxylic acids is 1. The fourth-order valence-electron chi connectivity index (χ4n) is 1.44. The molecule has 102 valence electrons. The summed E-state index contributed by atoms with van der Waals surface area (Å²) in [4.78, 5) is 32.5. The Labute approximate surface area is 116 Å². The molecule has 0 atom stereocenters. The quantitative estimate of drug-likeness (QED) is 0.665. The summed E-state index contributed by atoms with van der Waals surface area (Å²) < 4.78 is 0. The van der Waals surface area contributed by atoms with Crippen molar-refractivity contribution in [2.75, 3.05) is 5.32 Å². The minimum absolute atomic E-state index is 0.106. The summed E-state index contributed by atoms with van der Waals surface area (Å²) >= 11 is 0.865. The van der Waals surface area contributed by atoms with Gasteiger partial charge >= 0.3 is 11.0 Å². The molecule has 0 aliphatic carbocycles. The largest absolute Gasteiger partial charge is 0.478 e. The number of nitrogens with zero attached hydrogens (tertiary/aromatic N) is 1. The van der Waals surface area contributed by atoms with Crippen LogP contribution in [-0.4, -0.2) is 21.9 Å². The van der Waals surface area contributed by atoms with Crippen molar-refractivity contribution >= 4 is 33.9 Å². The average Bonchev–Trinajstić information content (AvgIpc) is 2.89. The molecular formula is C12H8N2O5S. The molecule has 0 aliphatic heterocycles. The topological polar surface area (TPSA) is 110 Å². The molecular weight excluding hydrogens is 284 g/mol. The molecule has 1 heterocycles. The smallest absolute Gasteiger partial charge is 0.335 e. The van der Waals surface area contributed by atoms with E-state index in [0.717, 1.165) is 11.3 Å². The Kier molecular flexibility index (Phi) is 3.76. The van der Waals surface area contributed by atoms with E-state index in [1.807, 2.05) is 0 Å². The Morgan fingerprint density at radius 2 is 1.85 bits per heavy atom. The predicted octanol–water partition coefficient (Wildman–Crippen LogP) is 2.61. The van der Waals surface area contributed by atoms with Crippen LogP contribution in [0, 0.1) is 10.1 Å². The van der Waals surface area contributed by atoms with Crippen LogP contribution >= 0.6 is 11.3 Å². The first kappa shape index (κ1) is 13.7. The number of aromatic carboxylic acids is 1. The molecule has 2 rings (SSSR count). The highest BCUT2D eigenvalue weighted by Gasteiger charge is 2.15. The van der Waals surface area contributed by atoms with Crippen molar-refractivity contribution in [1.29, 1.82) is 0 Å². The van der Waals surface area contributed by atoms with Crippen LogP contribution in [-0.2, 0) is 0 Å². The van der Waals surface area contributed by atoms with Crippen LogP contribution in [0.1, 0.15) is 20.7 Å². The van der Waals surface area contributed by atoms with Crippen molar-refractivity contribution in [3.8, 4) is 0 Å². The monoisotopic (exact) mass is 292 g/mol. The fraction of sp³-hybridized carbons (Fsp3) is 0. The number of nitrogens with one attached hydrogen (secondary N) is 1. The molecule has 1 aromatic heterocycles. The molecule has 0 unspecified atom stereocenters. The van der Waals surface area contributed by atoms with Crippen LogP contribution in [0.2, 0.25) is 0 Å². The minimum atomic E-state index is -1.06. The van der Waals surface area contributed by atoms with E-state index in [-0.39, 0.29) is 16.1 Å². The van der Waals surface area contributed by atoms with Crippen molar-refractivity contribution in [2.24, 2.45) is 0 Å². The van der Waals surface area contributed by atoms with Crippen molar-refractivity contribution in [1.82, 2.24) is 0 Å². The van der Waals surface area contributed by atoms with Crippen LogP contribution in [0.5, 0.6) is 0 Å². The first-order valence-electron chi connectivity index (χ1n) is 5.35. The van der Waals surface area contributed by atoms with Crippen LogP contribution < -0.4 is 5.32 Å². The summed E-state index contributed by atoms with van der Waals surface area (Å²) in [6.07, 6.45) is 0. The number of amides is 1. The highest BCUT2D eigenvalue weighted by atomic mass is 32.1. The van der Waals surface area contributed by atoms with Gasteiger partial charge in [-0.1, -0.05) is 11.3 Å². The number of carboxylic acid groups (broad SMARTS) is 1. The molecule has 20 heavy (non-hydrogen) atoms. The zero-order valence-electron chi connectivity index (χ0n) is 9.90. The van der Waals surface area contributed by atoms with Gasteiger partial charge in [-0.15, -0.1) is 0 Å². The van der Waals surface area contributed by atoms with Crippen LogP contribution in [0.3, 0.4) is 0 Å². The van der Waals surface area contributed by atoms with Gasteiger partial charge in [0.25, 0.3) is 5.91 Å². The number of hydrogen-bond acceptors (Lipinski definition) is 5. The standard InChI is InChI=1S/C12H8N2O5S/c15-11(8-5-10(14(18)19)20-6-8)13-9-3-1-7(2-4-9)12(16)17/h1-6H,(H,13,15)(H,16,17). The van der Waals surface area contributed by atoms with E-state index in [1.54, 1.807) is 0 Å². The summed E-state index contributed by atoms with van der Waals surface area (Å²) in [5, 5.41) is 23.1. The van der Waals surface area contributed by atoms with E-state index in [0.29, 0.717) is 5.69 Å². The first-order chi connectivity index (χ1) is 9.47. The Balaban J connectivity index is 2.10. The molecule has 0 spiro atoms. The molecule has 0 bridgehead atoms. The highest BCUT2D eigenvalue weighted by Crippen LogP contribution is 2.23. The SMILES string of the molecule is O=C(O)c1ccc(NC(=O)c2csc([N+](=O)[O-])c2)cc1. The van der Waals surface area contributed by atoms with Gasteiger partial charge in [0.15, 0.2) is 0 Å². The second-order valence-corrected chi connectivity index (χ2v) is 4.66. The van der Waals surface area contributed by atoms with Crippen LogP contribution in [0.25, 0.3) is 0 Å². The third kappa shape index (κ3) is 2.98.